The van der Waals surface area contributed by atoms with Crippen molar-refractivity contribution in [3.05, 3.63) is 59.7 Å². The van der Waals surface area contributed by atoms with Gasteiger partial charge in [0.1, 0.15) is 71.9 Å². The van der Waals surface area contributed by atoms with Crippen molar-refractivity contribution >= 4 is 138 Å². The number of phenolic OH excluding ortho intramolecular Hbond substituents is 2. The molecule has 40 heteroatoms. The van der Waals surface area contributed by atoms with Gasteiger partial charge in [-0.15, -0.1) is 0 Å². The second-order valence-electron chi connectivity index (χ2n) is 23.4. The number of rotatable bonds is 20. The summed E-state index contributed by atoms with van der Waals surface area (Å²) in [6, 6.07) is -5.01. The first kappa shape index (κ1) is 85.1. The van der Waals surface area contributed by atoms with E-state index in [9.17, 15) is 97.1 Å². The van der Waals surface area contributed by atoms with Crippen LogP contribution in [0.3, 0.4) is 0 Å². The summed E-state index contributed by atoms with van der Waals surface area (Å²) in [6.45, 7) is 6.82. The van der Waals surface area contributed by atoms with E-state index in [0.29, 0.717) is 24.0 Å². The number of carboxylic acids is 2. The fourth-order valence-corrected chi connectivity index (χ4v) is 13.7. The monoisotopic (exact) mass is 1480 g/mol. The molecular formula is C60H88N16O20S4. The van der Waals surface area contributed by atoms with Crippen LogP contribution < -0.4 is 87.6 Å². The molecule has 14 atom stereocenters. The largest absolute Gasteiger partial charge is 0.508 e. The van der Waals surface area contributed by atoms with Crippen molar-refractivity contribution in [3.8, 4) is 11.5 Å². The van der Waals surface area contributed by atoms with Crippen LogP contribution in [0.1, 0.15) is 90.2 Å². The van der Waals surface area contributed by atoms with Crippen molar-refractivity contribution < 1.29 is 97.1 Å². The van der Waals surface area contributed by atoms with Crippen LogP contribution in [0.25, 0.3) is 0 Å². The number of hydrogen-bond acceptors (Lipinski definition) is 24. The van der Waals surface area contributed by atoms with Gasteiger partial charge in [0, 0.05) is 48.7 Å². The van der Waals surface area contributed by atoms with Gasteiger partial charge in [-0.2, -0.15) is 0 Å². The molecule has 0 bridgehead atoms. The summed E-state index contributed by atoms with van der Waals surface area (Å²) in [5, 5.41) is 63.3. The Hall–Kier alpha value is -9.12. The lowest BCUT2D eigenvalue weighted by Gasteiger charge is -2.29. The predicted octanol–water partition coefficient (Wildman–Crippen LogP) is -5.29. The van der Waals surface area contributed by atoms with Crippen molar-refractivity contribution in [1.29, 1.82) is 0 Å². The van der Waals surface area contributed by atoms with E-state index < -0.39 is 192 Å². The SMILES string of the molecule is CC[C@H](C)[C@@H]1NC(=O)[C@H](Cc2ccc(O)cc2)NC(=O)[C@@H](N)CSSC[C@@H](C(=O)O)NC(=O)[C@H](CC(N)=O)NC(=O)[C@H](CCC(N)=O)NC1=O.CC[C@H](C)[C@@H]1NC(=O)[C@H](Cc2ccc(O)cc2)NC(=O)[C@@H](N)CSSC[C@@H](C(=O)O)NC(=O)[C@H](CC(N)=O)NC(=O)[C@H](CCC(N)=O)NC1=O. The third-order valence-electron chi connectivity index (χ3n) is 15.3. The molecule has 2 aromatic carbocycles. The van der Waals surface area contributed by atoms with E-state index in [1.54, 1.807) is 52.0 Å². The summed E-state index contributed by atoms with van der Waals surface area (Å²) in [5.74, 6) is -17.0. The van der Waals surface area contributed by atoms with E-state index in [1.165, 1.54) is 24.3 Å². The third-order valence-corrected chi connectivity index (χ3v) is 20.2. The Morgan fingerprint density at radius 3 is 0.970 bits per heavy atom. The molecule has 0 unspecified atom stereocenters. The zero-order valence-electron chi connectivity index (χ0n) is 55.0. The summed E-state index contributed by atoms with van der Waals surface area (Å²) in [6.07, 6.45) is -2.32. The Morgan fingerprint density at radius 1 is 0.400 bits per heavy atom. The molecule has 2 aliphatic rings. The molecule has 0 aliphatic carbocycles. The molecule has 4 rings (SSSR count). The lowest BCUT2D eigenvalue weighted by Crippen LogP contribution is -2.61. The highest BCUT2D eigenvalue weighted by molar-refractivity contribution is 8.77. The van der Waals surface area contributed by atoms with E-state index in [-0.39, 0.29) is 73.0 Å². The van der Waals surface area contributed by atoms with Crippen molar-refractivity contribution in [3.63, 3.8) is 0 Å². The minimum absolute atomic E-state index is 0.0240. The molecule has 26 N–H and O–H groups in total. The van der Waals surface area contributed by atoms with Crippen molar-refractivity contribution in [1.82, 2.24) is 53.2 Å². The number of amides is 14. The lowest BCUT2D eigenvalue weighted by atomic mass is 9.96. The molecule has 100 heavy (non-hydrogen) atoms. The molecule has 14 amide bonds. The number of carboxylic acid groups (broad SMARTS) is 2. The summed E-state index contributed by atoms with van der Waals surface area (Å²) in [5.41, 5.74) is 34.4. The van der Waals surface area contributed by atoms with Crippen LogP contribution in [0.2, 0.25) is 0 Å². The summed E-state index contributed by atoms with van der Waals surface area (Å²) in [7, 11) is 3.99. The molecule has 2 saturated heterocycles. The molecule has 0 radical (unpaired) electrons. The van der Waals surface area contributed by atoms with Gasteiger partial charge in [0.15, 0.2) is 0 Å². The van der Waals surface area contributed by atoms with Crippen LogP contribution in [0.4, 0.5) is 0 Å². The fourth-order valence-electron chi connectivity index (χ4n) is 9.14. The number of phenols is 2. The van der Waals surface area contributed by atoms with Gasteiger partial charge in [-0.3, -0.25) is 67.1 Å². The zero-order valence-corrected chi connectivity index (χ0v) is 58.3. The highest BCUT2D eigenvalue weighted by Gasteiger charge is 2.39. The number of benzene rings is 2. The fraction of sp³-hybridized carbons (Fsp3) is 0.533. The Morgan fingerprint density at radius 2 is 0.680 bits per heavy atom. The number of nitrogens with one attached hydrogen (secondary N) is 10. The molecular weight excluding hydrogens is 1390 g/mol. The first-order valence-electron chi connectivity index (χ1n) is 31.2. The zero-order chi connectivity index (χ0) is 75.1. The van der Waals surface area contributed by atoms with E-state index in [0.717, 1.165) is 43.2 Å². The minimum Gasteiger partial charge on any atom is -0.508 e. The summed E-state index contributed by atoms with van der Waals surface area (Å²) < 4.78 is 0. The van der Waals surface area contributed by atoms with Gasteiger partial charge in [-0.25, -0.2) is 9.59 Å². The van der Waals surface area contributed by atoms with Gasteiger partial charge >= 0.3 is 11.9 Å². The molecule has 36 nitrogen and oxygen atoms in total. The predicted molar refractivity (Wildman–Crippen MR) is 367 cm³/mol. The number of carbonyl (C=O) groups excluding carboxylic acids is 14. The van der Waals surface area contributed by atoms with Crippen LogP contribution in [0.15, 0.2) is 48.5 Å². The standard InChI is InChI=1S/2C30H44N8O10S2/c2*1-3-14(2)24-29(46)34-18(8-9-22(32)40)26(43)36-20(11-23(33)41)27(44)37-21(30(47)48)13-50-49-12-17(31)25(42)35-19(28(45)38-24)10-15-4-6-16(39)7-5-15/h2*4-7,14,17-21,24,39H,3,8-13,31H2,1-2H3,(H2,32,40)(H2,33,41)(H,34,46)(H,35,42)(H,36,43)(H,37,44)(H,38,45)(H,47,48)/t2*14-,17-,18-,19-,20-,21-,24-/m00/s1. The lowest BCUT2D eigenvalue weighted by molar-refractivity contribution is -0.142. The third kappa shape index (κ3) is 30.2. The van der Waals surface area contributed by atoms with Crippen molar-refractivity contribution in [2.45, 2.75) is 164 Å². The average Bonchev–Trinajstić information content (AvgIpc) is 0.850. The van der Waals surface area contributed by atoms with E-state index in [1.807, 2.05) is 0 Å². The van der Waals surface area contributed by atoms with Crippen LogP contribution in [0.5, 0.6) is 11.5 Å². The highest BCUT2D eigenvalue weighted by Crippen LogP contribution is 2.25. The maximum atomic E-state index is 13.7. The van der Waals surface area contributed by atoms with Gasteiger partial charge in [0.25, 0.3) is 0 Å². The molecule has 552 valence electrons. The highest BCUT2D eigenvalue weighted by atomic mass is 33.1. The Bertz CT molecular complexity index is 3040. The van der Waals surface area contributed by atoms with Gasteiger partial charge < -0.3 is 108 Å². The second kappa shape index (κ2) is 42.7. The van der Waals surface area contributed by atoms with Crippen LogP contribution in [-0.2, 0) is 89.6 Å². The number of carbonyl (C=O) groups is 16. The number of primary amides is 4. The van der Waals surface area contributed by atoms with Gasteiger partial charge in [-0.05, 0) is 60.1 Å². The molecule has 2 fully saturated rings. The quantitative estimate of drug-likeness (QED) is 0.0551. The second-order valence-corrected chi connectivity index (χ2v) is 28.5. The topological polar surface area (TPSA) is 630 Å². The Balaban J connectivity index is 0.000000520. The van der Waals surface area contributed by atoms with E-state index in [4.69, 9.17) is 34.4 Å². The van der Waals surface area contributed by atoms with E-state index in [2.05, 4.69) is 53.2 Å². The Labute approximate surface area is 590 Å². The minimum atomic E-state index is -1.67. The molecule has 2 aliphatic heterocycles. The molecule has 0 spiro atoms. The molecule has 0 aromatic heterocycles. The first-order valence-corrected chi connectivity index (χ1v) is 36.2. The number of aliphatic carboxylic acids is 2. The van der Waals surface area contributed by atoms with Crippen LogP contribution >= 0.6 is 43.2 Å². The molecule has 0 saturated carbocycles. The van der Waals surface area contributed by atoms with Gasteiger partial charge in [0.05, 0.1) is 24.9 Å². The maximum absolute atomic E-state index is 13.7. The van der Waals surface area contributed by atoms with Crippen molar-refractivity contribution in [2.24, 2.45) is 46.2 Å². The van der Waals surface area contributed by atoms with Crippen LogP contribution in [-0.4, -0.2) is 211 Å². The van der Waals surface area contributed by atoms with Crippen molar-refractivity contribution in [2.75, 3.05) is 23.0 Å². The summed E-state index contributed by atoms with van der Waals surface area (Å²) >= 11 is 0. The number of nitrogens with two attached hydrogens (primary N) is 6. The smallest absolute Gasteiger partial charge is 0.327 e. The first-order chi connectivity index (χ1) is 47.0. The maximum Gasteiger partial charge on any atom is 0.327 e. The van der Waals surface area contributed by atoms with E-state index >= 15 is 0 Å². The van der Waals surface area contributed by atoms with Gasteiger partial charge in [0.2, 0.25) is 82.7 Å². The molecule has 2 heterocycles. The summed E-state index contributed by atoms with van der Waals surface area (Å²) in [4.78, 5) is 205. The Kier molecular flexibility index (Phi) is 36.4. The number of hydrogen-bond donors (Lipinski definition) is 20. The number of aromatic hydroxyl groups is 2. The average molecular weight is 1480 g/mol. The molecule has 2 aromatic rings. The van der Waals surface area contributed by atoms with Gasteiger partial charge in [-0.1, -0.05) is 108 Å². The normalized spacial score (nSPS) is 25.5. The van der Waals surface area contributed by atoms with Crippen LogP contribution in [0, 0.1) is 11.8 Å².